The maximum absolute atomic E-state index is 12.0. The molecule has 0 N–H and O–H groups in total. The zero-order chi connectivity index (χ0) is 12.1. The van der Waals surface area contributed by atoms with Crippen LogP contribution < -0.4 is 0 Å². The van der Waals surface area contributed by atoms with Gasteiger partial charge in [0.15, 0.2) is 0 Å². The molecule has 0 saturated carbocycles. The van der Waals surface area contributed by atoms with E-state index < -0.39 is 0 Å². The Morgan fingerprint density at radius 3 is 2.94 bits per heavy atom. The smallest absolute Gasteiger partial charge is 0.323 e. The number of rotatable bonds is 3. The van der Waals surface area contributed by atoms with Crippen LogP contribution in [0.5, 0.6) is 0 Å². The Balaban J connectivity index is 2.03. The van der Waals surface area contributed by atoms with Gasteiger partial charge < -0.3 is 4.74 Å². The number of hydrogen-bond acceptors (Lipinski definition) is 3. The Morgan fingerprint density at radius 1 is 1.35 bits per heavy atom. The van der Waals surface area contributed by atoms with Gasteiger partial charge in [-0.05, 0) is 45.6 Å². The molecule has 2 rings (SSSR count). The number of piperidine rings is 1. The molecule has 1 aliphatic heterocycles. The average Bonchev–Trinajstić information content (AvgIpc) is 2.40. The molecule has 17 heavy (non-hydrogen) atoms. The Kier molecular flexibility index (Phi) is 4.60. The van der Waals surface area contributed by atoms with E-state index >= 15 is 0 Å². The van der Waals surface area contributed by atoms with Crippen molar-refractivity contribution in [1.29, 1.82) is 0 Å². The lowest BCUT2D eigenvalue weighted by Crippen LogP contribution is -2.50. The van der Waals surface area contributed by atoms with Crippen LogP contribution >= 0.6 is 0 Å². The van der Waals surface area contributed by atoms with Crippen LogP contribution in [0.2, 0.25) is 0 Å². The van der Waals surface area contributed by atoms with Crippen molar-refractivity contribution >= 4 is 5.97 Å². The van der Waals surface area contributed by atoms with Gasteiger partial charge in [0, 0.05) is 6.04 Å². The molecule has 2 atom stereocenters. The quantitative estimate of drug-likeness (QED) is 0.558. The van der Waals surface area contributed by atoms with Gasteiger partial charge in [-0.15, -0.1) is 0 Å². The average molecular weight is 237 g/mol. The van der Waals surface area contributed by atoms with Gasteiger partial charge in [0.05, 0.1) is 6.61 Å². The zero-order valence-corrected chi connectivity index (χ0v) is 10.7. The lowest BCUT2D eigenvalue weighted by molar-refractivity contribution is -0.151. The fourth-order valence-electron chi connectivity index (χ4n) is 2.91. The topological polar surface area (TPSA) is 29.5 Å². The summed E-state index contributed by atoms with van der Waals surface area (Å²) < 4.78 is 5.20. The van der Waals surface area contributed by atoms with Gasteiger partial charge in [0.25, 0.3) is 0 Å². The second-order valence-electron chi connectivity index (χ2n) is 4.93. The molecule has 0 aromatic carbocycles. The molecule has 0 aromatic heterocycles. The first kappa shape index (κ1) is 12.6. The minimum atomic E-state index is -0.0221. The third-order valence-corrected chi connectivity index (χ3v) is 3.76. The summed E-state index contributed by atoms with van der Waals surface area (Å²) in [5, 5.41) is 0. The minimum absolute atomic E-state index is 0.00329. The molecule has 1 saturated heterocycles. The second kappa shape index (κ2) is 6.20. The van der Waals surface area contributed by atoms with Crippen LogP contribution in [-0.4, -0.2) is 36.1 Å². The van der Waals surface area contributed by atoms with Crippen molar-refractivity contribution in [1.82, 2.24) is 4.90 Å². The highest BCUT2D eigenvalue weighted by molar-refractivity contribution is 5.76. The molecular weight excluding hydrogens is 214 g/mol. The molecule has 1 aliphatic carbocycles. The summed E-state index contributed by atoms with van der Waals surface area (Å²) >= 11 is 0. The van der Waals surface area contributed by atoms with E-state index in [1.54, 1.807) is 0 Å². The van der Waals surface area contributed by atoms with Gasteiger partial charge in [-0.25, -0.2) is 0 Å². The number of hydrogen-bond donors (Lipinski definition) is 0. The van der Waals surface area contributed by atoms with E-state index in [2.05, 4.69) is 17.1 Å². The lowest BCUT2D eigenvalue weighted by atomic mass is 9.94. The molecule has 96 valence electrons. The molecule has 0 amide bonds. The second-order valence-corrected chi connectivity index (χ2v) is 4.93. The van der Waals surface area contributed by atoms with Crippen molar-refractivity contribution in [2.75, 3.05) is 13.2 Å². The predicted molar refractivity (Wildman–Crippen MR) is 67.8 cm³/mol. The number of carbonyl (C=O) groups excluding carboxylic acids is 1. The molecule has 3 heteroatoms. The molecule has 1 heterocycles. The van der Waals surface area contributed by atoms with E-state index in [0.29, 0.717) is 12.6 Å². The number of ether oxygens (including phenoxy) is 1. The Bertz CT molecular complexity index is 288. The maximum Gasteiger partial charge on any atom is 0.323 e. The van der Waals surface area contributed by atoms with E-state index in [0.717, 1.165) is 19.4 Å². The summed E-state index contributed by atoms with van der Waals surface area (Å²) in [7, 11) is 0. The van der Waals surface area contributed by atoms with Crippen molar-refractivity contribution in [2.24, 2.45) is 0 Å². The Morgan fingerprint density at radius 2 is 2.24 bits per heavy atom. The van der Waals surface area contributed by atoms with Crippen LogP contribution in [0.1, 0.15) is 45.4 Å². The molecular formula is C14H23NO2. The highest BCUT2D eigenvalue weighted by Gasteiger charge is 2.33. The molecule has 0 bridgehead atoms. The van der Waals surface area contributed by atoms with Gasteiger partial charge in [-0.3, -0.25) is 9.69 Å². The summed E-state index contributed by atoms with van der Waals surface area (Å²) in [6.07, 6.45) is 11.5. The summed E-state index contributed by atoms with van der Waals surface area (Å²) in [4.78, 5) is 14.3. The van der Waals surface area contributed by atoms with Crippen LogP contribution in [0, 0.1) is 0 Å². The fourth-order valence-corrected chi connectivity index (χ4v) is 2.91. The highest BCUT2D eigenvalue weighted by atomic mass is 16.5. The van der Waals surface area contributed by atoms with Crippen LogP contribution in [0.25, 0.3) is 0 Å². The fraction of sp³-hybridized carbons (Fsp3) is 0.786. The van der Waals surface area contributed by atoms with Crippen LogP contribution in [0.4, 0.5) is 0 Å². The van der Waals surface area contributed by atoms with Gasteiger partial charge >= 0.3 is 5.97 Å². The first-order valence-corrected chi connectivity index (χ1v) is 6.92. The molecule has 3 nitrogen and oxygen atoms in total. The SMILES string of the molecule is CCOC(=O)C1CCCCN1C1C=CCCC1. The molecule has 0 radical (unpaired) electrons. The molecule has 2 aliphatic rings. The van der Waals surface area contributed by atoms with Crippen LogP contribution in [0.3, 0.4) is 0 Å². The summed E-state index contributed by atoms with van der Waals surface area (Å²) in [5.41, 5.74) is 0. The predicted octanol–water partition coefficient (Wildman–Crippen LogP) is 2.51. The third-order valence-electron chi connectivity index (χ3n) is 3.76. The Hall–Kier alpha value is -0.830. The minimum Gasteiger partial charge on any atom is -0.465 e. The van der Waals surface area contributed by atoms with Crippen molar-refractivity contribution in [3.05, 3.63) is 12.2 Å². The summed E-state index contributed by atoms with van der Waals surface area (Å²) in [6, 6.07) is 0.454. The van der Waals surface area contributed by atoms with Crippen molar-refractivity contribution in [3.63, 3.8) is 0 Å². The molecule has 2 unspecified atom stereocenters. The number of nitrogens with zero attached hydrogens (tertiary/aromatic N) is 1. The number of allylic oxidation sites excluding steroid dienone is 1. The lowest BCUT2D eigenvalue weighted by Gasteiger charge is -2.39. The van der Waals surface area contributed by atoms with Gasteiger partial charge in [-0.1, -0.05) is 18.6 Å². The van der Waals surface area contributed by atoms with E-state index in [-0.39, 0.29) is 12.0 Å². The number of carbonyl (C=O) groups is 1. The molecule has 0 spiro atoms. The van der Waals surface area contributed by atoms with Crippen LogP contribution in [0.15, 0.2) is 12.2 Å². The van der Waals surface area contributed by atoms with Gasteiger partial charge in [0.1, 0.15) is 6.04 Å². The largest absolute Gasteiger partial charge is 0.465 e. The molecule has 0 aromatic rings. The monoisotopic (exact) mass is 237 g/mol. The Labute approximate surface area is 104 Å². The summed E-state index contributed by atoms with van der Waals surface area (Å²) in [6.45, 7) is 3.41. The van der Waals surface area contributed by atoms with E-state index in [9.17, 15) is 4.79 Å². The summed E-state index contributed by atoms with van der Waals surface area (Å²) in [5.74, 6) is -0.0221. The van der Waals surface area contributed by atoms with E-state index in [4.69, 9.17) is 4.74 Å². The van der Waals surface area contributed by atoms with Crippen molar-refractivity contribution in [2.45, 2.75) is 57.5 Å². The first-order valence-electron chi connectivity index (χ1n) is 6.92. The maximum atomic E-state index is 12.0. The first-order chi connectivity index (χ1) is 8.33. The standard InChI is InChI=1S/C14H23NO2/c1-2-17-14(16)13-10-6-7-11-15(13)12-8-4-3-5-9-12/h4,8,12-13H,2-3,5-7,9-11H2,1H3. The van der Waals surface area contributed by atoms with E-state index in [1.807, 2.05) is 6.92 Å². The van der Waals surface area contributed by atoms with Gasteiger partial charge in [0.2, 0.25) is 0 Å². The van der Waals surface area contributed by atoms with Crippen molar-refractivity contribution in [3.8, 4) is 0 Å². The van der Waals surface area contributed by atoms with Gasteiger partial charge in [-0.2, -0.15) is 0 Å². The van der Waals surface area contributed by atoms with E-state index in [1.165, 1.54) is 25.7 Å². The highest BCUT2D eigenvalue weighted by Crippen LogP contribution is 2.25. The zero-order valence-electron chi connectivity index (χ0n) is 10.7. The third kappa shape index (κ3) is 3.09. The normalized spacial score (nSPS) is 30.2. The molecule has 1 fully saturated rings. The van der Waals surface area contributed by atoms with Crippen LogP contribution in [-0.2, 0) is 9.53 Å². The van der Waals surface area contributed by atoms with Crippen molar-refractivity contribution < 1.29 is 9.53 Å². The number of likely N-dealkylation sites (tertiary alicyclic amines) is 1. The number of esters is 1.